The molecule has 5 aromatic rings. The SMILES string of the molecule is Cc1c[nH]c(=O)n1-c1ccc(C(=O)Nc2cccc(OCc3cn4ccccc4n3)c2)cc1. The Labute approximate surface area is 189 Å². The number of amides is 1. The summed E-state index contributed by atoms with van der Waals surface area (Å²) >= 11 is 0. The van der Waals surface area contributed by atoms with Crippen LogP contribution in [0.15, 0.2) is 90.1 Å². The maximum atomic E-state index is 12.7. The van der Waals surface area contributed by atoms with Crippen molar-refractivity contribution in [2.45, 2.75) is 13.5 Å². The van der Waals surface area contributed by atoms with Crippen LogP contribution in [0.3, 0.4) is 0 Å². The Morgan fingerprint density at radius 3 is 2.70 bits per heavy atom. The lowest BCUT2D eigenvalue weighted by atomic mass is 10.2. The zero-order valence-electron chi connectivity index (χ0n) is 17.9. The van der Waals surface area contributed by atoms with Gasteiger partial charge in [0.15, 0.2) is 0 Å². The van der Waals surface area contributed by atoms with Crippen LogP contribution in [0.1, 0.15) is 21.7 Å². The highest BCUT2D eigenvalue weighted by molar-refractivity contribution is 6.04. The van der Waals surface area contributed by atoms with Crippen molar-refractivity contribution >= 4 is 17.2 Å². The van der Waals surface area contributed by atoms with E-state index in [2.05, 4.69) is 15.3 Å². The van der Waals surface area contributed by atoms with Crippen molar-refractivity contribution in [3.8, 4) is 11.4 Å². The number of nitrogens with zero attached hydrogens (tertiary/aromatic N) is 3. The summed E-state index contributed by atoms with van der Waals surface area (Å²) in [6.45, 7) is 2.15. The largest absolute Gasteiger partial charge is 0.487 e. The monoisotopic (exact) mass is 439 g/mol. The summed E-state index contributed by atoms with van der Waals surface area (Å²) in [5, 5.41) is 2.88. The van der Waals surface area contributed by atoms with E-state index in [4.69, 9.17) is 4.74 Å². The van der Waals surface area contributed by atoms with Gasteiger partial charge in [-0.3, -0.25) is 9.36 Å². The average Bonchev–Trinajstić information content (AvgIpc) is 3.40. The first-order chi connectivity index (χ1) is 16.1. The first-order valence-electron chi connectivity index (χ1n) is 10.4. The number of hydrogen-bond acceptors (Lipinski definition) is 4. The smallest absolute Gasteiger partial charge is 0.330 e. The number of aryl methyl sites for hydroxylation is 1. The van der Waals surface area contributed by atoms with Gasteiger partial charge in [-0.1, -0.05) is 12.1 Å². The lowest BCUT2D eigenvalue weighted by Gasteiger charge is -2.09. The quantitative estimate of drug-likeness (QED) is 0.419. The molecule has 164 valence electrons. The topological polar surface area (TPSA) is 93.4 Å². The van der Waals surface area contributed by atoms with E-state index in [0.717, 1.165) is 17.0 Å². The van der Waals surface area contributed by atoms with E-state index in [1.54, 1.807) is 47.2 Å². The van der Waals surface area contributed by atoms with Crippen molar-refractivity contribution in [3.05, 3.63) is 113 Å². The summed E-state index contributed by atoms with van der Waals surface area (Å²) in [4.78, 5) is 31.8. The highest BCUT2D eigenvalue weighted by Gasteiger charge is 2.10. The molecule has 0 unspecified atom stereocenters. The van der Waals surface area contributed by atoms with E-state index in [1.807, 2.05) is 54.0 Å². The summed E-state index contributed by atoms with van der Waals surface area (Å²) in [6.07, 6.45) is 5.51. The number of carbonyl (C=O) groups excluding carboxylic acids is 1. The summed E-state index contributed by atoms with van der Waals surface area (Å²) < 4.78 is 9.35. The second-order valence-electron chi connectivity index (χ2n) is 7.59. The number of H-pyrrole nitrogens is 1. The Morgan fingerprint density at radius 1 is 1.09 bits per heavy atom. The summed E-state index contributed by atoms with van der Waals surface area (Å²) in [6, 6.07) is 19.9. The number of ether oxygens (including phenoxy) is 1. The molecule has 0 bridgehead atoms. The fourth-order valence-electron chi connectivity index (χ4n) is 3.62. The van der Waals surface area contributed by atoms with E-state index >= 15 is 0 Å². The molecule has 33 heavy (non-hydrogen) atoms. The molecule has 3 heterocycles. The van der Waals surface area contributed by atoms with Crippen LogP contribution in [0.2, 0.25) is 0 Å². The molecule has 0 saturated heterocycles. The molecule has 0 aliphatic carbocycles. The number of hydrogen-bond donors (Lipinski definition) is 2. The van der Waals surface area contributed by atoms with E-state index in [1.165, 1.54) is 0 Å². The molecule has 0 saturated carbocycles. The number of aromatic nitrogens is 4. The summed E-state index contributed by atoms with van der Waals surface area (Å²) in [7, 11) is 0. The second-order valence-corrected chi connectivity index (χ2v) is 7.59. The number of fused-ring (bicyclic) bond motifs is 1. The summed E-state index contributed by atoms with van der Waals surface area (Å²) in [5.41, 5.74) is 4.04. The Kier molecular flexibility index (Phi) is 5.24. The average molecular weight is 439 g/mol. The standard InChI is InChI=1S/C25H21N5O3/c1-17-14-26-25(32)30(17)21-10-8-18(9-11-21)24(31)28-19-5-4-6-22(13-19)33-16-20-15-29-12-3-2-7-23(29)27-20/h2-15H,16H2,1H3,(H,26,32)(H,28,31). The zero-order chi connectivity index (χ0) is 22.8. The fraction of sp³-hybridized carbons (Fsp3) is 0.0800. The third kappa shape index (κ3) is 4.27. The van der Waals surface area contributed by atoms with E-state index in [9.17, 15) is 9.59 Å². The highest BCUT2D eigenvalue weighted by atomic mass is 16.5. The molecule has 0 fully saturated rings. The molecule has 2 aromatic carbocycles. The molecule has 0 radical (unpaired) electrons. The maximum Gasteiger partial charge on any atom is 0.330 e. The second kappa shape index (κ2) is 8.51. The van der Waals surface area contributed by atoms with Gasteiger partial charge in [-0.2, -0.15) is 0 Å². The molecule has 8 heteroatoms. The molecule has 0 spiro atoms. The van der Waals surface area contributed by atoms with Crippen molar-refractivity contribution in [2.24, 2.45) is 0 Å². The first-order valence-corrected chi connectivity index (χ1v) is 10.4. The van der Waals surface area contributed by atoms with Crippen LogP contribution < -0.4 is 15.7 Å². The van der Waals surface area contributed by atoms with Gasteiger partial charge in [0.1, 0.15) is 18.0 Å². The zero-order valence-corrected chi connectivity index (χ0v) is 17.9. The van der Waals surface area contributed by atoms with Crippen molar-refractivity contribution in [3.63, 3.8) is 0 Å². The fourth-order valence-corrected chi connectivity index (χ4v) is 3.62. The molecular weight excluding hydrogens is 418 g/mol. The van der Waals surface area contributed by atoms with Crippen LogP contribution in [0.4, 0.5) is 5.69 Å². The van der Waals surface area contributed by atoms with Gasteiger partial charge in [0, 0.05) is 41.6 Å². The molecular formula is C25H21N5O3. The van der Waals surface area contributed by atoms with E-state index in [0.29, 0.717) is 29.3 Å². The maximum absolute atomic E-state index is 12.7. The Bertz CT molecular complexity index is 1460. The van der Waals surface area contributed by atoms with Crippen LogP contribution in [0.25, 0.3) is 11.3 Å². The molecule has 2 N–H and O–H groups in total. The van der Waals surface area contributed by atoms with Gasteiger partial charge < -0.3 is 19.4 Å². The van der Waals surface area contributed by atoms with Gasteiger partial charge >= 0.3 is 5.69 Å². The predicted octanol–water partition coefficient (Wildman–Crippen LogP) is 3.95. The molecule has 0 aliphatic heterocycles. The number of rotatable bonds is 6. The number of benzene rings is 2. The van der Waals surface area contributed by atoms with E-state index in [-0.39, 0.29) is 11.6 Å². The molecule has 5 rings (SSSR count). The van der Waals surface area contributed by atoms with Gasteiger partial charge in [-0.05, 0) is 55.5 Å². The minimum Gasteiger partial charge on any atom is -0.487 e. The normalized spacial score (nSPS) is 10.9. The number of anilines is 1. The van der Waals surface area contributed by atoms with Gasteiger partial charge in [0.2, 0.25) is 0 Å². The molecule has 1 amide bonds. The van der Waals surface area contributed by atoms with Crippen molar-refractivity contribution in [1.82, 2.24) is 18.9 Å². The molecule has 3 aromatic heterocycles. The lowest BCUT2D eigenvalue weighted by Crippen LogP contribution is -2.16. The molecule has 0 atom stereocenters. The third-order valence-corrected chi connectivity index (χ3v) is 5.24. The predicted molar refractivity (Wildman–Crippen MR) is 125 cm³/mol. The Hall–Kier alpha value is -4.59. The van der Waals surface area contributed by atoms with Gasteiger partial charge in [-0.15, -0.1) is 0 Å². The first kappa shape index (κ1) is 20.3. The number of nitrogens with one attached hydrogen (secondary N) is 2. The minimum absolute atomic E-state index is 0.217. The van der Waals surface area contributed by atoms with Gasteiger partial charge in [-0.25, -0.2) is 9.78 Å². The minimum atomic E-state index is -0.253. The van der Waals surface area contributed by atoms with Gasteiger partial charge in [0.05, 0.1) is 11.4 Å². The summed E-state index contributed by atoms with van der Waals surface area (Å²) in [5.74, 6) is 0.375. The van der Waals surface area contributed by atoms with Crippen LogP contribution in [0.5, 0.6) is 5.75 Å². The molecule has 0 aliphatic rings. The van der Waals surface area contributed by atoms with Gasteiger partial charge in [0.25, 0.3) is 5.91 Å². The Balaban J connectivity index is 1.25. The van der Waals surface area contributed by atoms with Crippen LogP contribution in [0, 0.1) is 6.92 Å². The highest BCUT2D eigenvalue weighted by Crippen LogP contribution is 2.20. The number of pyridine rings is 1. The van der Waals surface area contributed by atoms with Crippen molar-refractivity contribution < 1.29 is 9.53 Å². The molecule has 8 nitrogen and oxygen atoms in total. The number of carbonyl (C=O) groups is 1. The van der Waals surface area contributed by atoms with Crippen molar-refractivity contribution in [1.29, 1.82) is 0 Å². The van der Waals surface area contributed by atoms with Crippen LogP contribution in [-0.2, 0) is 6.61 Å². The van der Waals surface area contributed by atoms with Crippen LogP contribution in [-0.4, -0.2) is 24.8 Å². The number of aromatic amines is 1. The lowest BCUT2D eigenvalue weighted by molar-refractivity contribution is 0.102. The third-order valence-electron chi connectivity index (χ3n) is 5.24. The van der Waals surface area contributed by atoms with Crippen molar-refractivity contribution in [2.75, 3.05) is 5.32 Å². The number of imidazole rings is 2. The van der Waals surface area contributed by atoms with Crippen LogP contribution >= 0.6 is 0 Å². The van der Waals surface area contributed by atoms with E-state index < -0.39 is 0 Å². The Morgan fingerprint density at radius 2 is 1.94 bits per heavy atom.